The minimum absolute atomic E-state index is 0.182. The molecule has 3 aromatic carbocycles. The van der Waals surface area contributed by atoms with Crippen molar-refractivity contribution in [3.05, 3.63) is 90.2 Å². The molecule has 29 heavy (non-hydrogen) atoms. The van der Waals surface area contributed by atoms with Crippen LogP contribution in [0.2, 0.25) is 0 Å². The maximum Gasteiger partial charge on any atom is 0.251 e. The Hall–Kier alpha value is -2.99. The van der Waals surface area contributed by atoms with Gasteiger partial charge in [0.05, 0.1) is 13.2 Å². The van der Waals surface area contributed by atoms with Crippen LogP contribution in [0.25, 0.3) is 0 Å². The van der Waals surface area contributed by atoms with Gasteiger partial charge >= 0.3 is 0 Å². The molecule has 0 bridgehead atoms. The third-order valence-electron chi connectivity index (χ3n) is 3.95. The summed E-state index contributed by atoms with van der Waals surface area (Å²) in [4.78, 5) is 13.4. The molecule has 0 atom stereocenters. The summed E-state index contributed by atoms with van der Waals surface area (Å²) in [5, 5.41) is 2.79. The van der Waals surface area contributed by atoms with Crippen molar-refractivity contribution in [3.8, 4) is 11.5 Å². The molecular formula is C23H22FNO3S. The van der Waals surface area contributed by atoms with Crippen LogP contribution in [-0.2, 0) is 0 Å². The van der Waals surface area contributed by atoms with E-state index in [4.69, 9.17) is 9.47 Å². The highest BCUT2D eigenvalue weighted by Crippen LogP contribution is 2.18. The molecule has 0 unspecified atom stereocenters. The Balaban J connectivity index is 1.34. The van der Waals surface area contributed by atoms with Crippen LogP contribution in [0.4, 0.5) is 4.39 Å². The summed E-state index contributed by atoms with van der Waals surface area (Å²) in [7, 11) is 0. The predicted molar refractivity (Wildman–Crippen MR) is 113 cm³/mol. The van der Waals surface area contributed by atoms with E-state index in [2.05, 4.69) is 17.4 Å². The Morgan fingerprint density at radius 1 is 0.828 bits per heavy atom. The third kappa shape index (κ3) is 7.16. The van der Waals surface area contributed by atoms with E-state index in [-0.39, 0.29) is 11.7 Å². The number of thioether (sulfide) groups is 1. The molecule has 3 rings (SSSR count). The van der Waals surface area contributed by atoms with E-state index in [0.29, 0.717) is 31.1 Å². The van der Waals surface area contributed by atoms with Crippen LogP contribution in [-0.4, -0.2) is 31.4 Å². The van der Waals surface area contributed by atoms with Crippen molar-refractivity contribution < 1.29 is 18.7 Å². The predicted octanol–water partition coefficient (Wildman–Crippen LogP) is 4.81. The zero-order chi connectivity index (χ0) is 20.3. The maximum atomic E-state index is 12.8. The van der Waals surface area contributed by atoms with Crippen LogP contribution in [0, 0.1) is 5.82 Å². The van der Waals surface area contributed by atoms with Gasteiger partial charge in [0.2, 0.25) is 0 Å². The molecule has 6 heteroatoms. The lowest BCUT2D eigenvalue weighted by molar-refractivity contribution is 0.0947. The molecule has 1 N–H and O–H groups in total. The van der Waals surface area contributed by atoms with Gasteiger partial charge in [-0.25, -0.2) is 4.39 Å². The zero-order valence-corrected chi connectivity index (χ0v) is 16.7. The first-order valence-corrected chi connectivity index (χ1v) is 10.3. The van der Waals surface area contributed by atoms with Gasteiger partial charge in [-0.3, -0.25) is 4.79 Å². The summed E-state index contributed by atoms with van der Waals surface area (Å²) in [6.07, 6.45) is 0. The second-order valence-corrected chi connectivity index (χ2v) is 7.26. The quantitative estimate of drug-likeness (QED) is 0.384. The molecule has 0 saturated carbocycles. The molecule has 0 fully saturated rings. The van der Waals surface area contributed by atoms with Crippen LogP contribution < -0.4 is 14.8 Å². The van der Waals surface area contributed by atoms with E-state index >= 15 is 0 Å². The molecule has 4 nitrogen and oxygen atoms in total. The average molecular weight is 411 g/mol. The van der Waals surface area contributed by atoms with Crippen molar-refractivity contribution in [1.29, 1.82) is 0 Å². The first-order chi connectivity index (χ1) is 14.2. The van der Waals surface area contributed by atoms with Gasteiger partial charge in [-0.15, -0.1) is 11.8 Å². The number of ether oxygens (including phenoxy) is 2. The zero-order valence-electron chi connectivity index (χ0n) is 15.8. The highest BCUT2D eigenvalue weighted by molar-refractivity contribution is 7.99. The van der Waals surface area contributed by atoms with Gasteiger partial charge in [0.1, 0.15) is 23.9 Å². The van der Waals surface area contributed by atoms with E-state index in [1.165, 1.54) is 17.0 Å². The van der Waals surface area contributed by atoms with Crippen molar-refractivity contribution in [1.82, 2.24) is 5.32 Å². The van der Waals surface area contributed by atoms with Gasteiger partial charge in [0.25, 0.3) is 5.91 Å². The molecule has 0 spiro atoms. The minimum Gasteiger partial charge on any atom is -0.493 e. The summed E-state index contributed by atoms with van der Waals surface area (Å²) in [6.45, 7) is 1.24. The van der Waals surface area contributed by atoms with Gasteiger partial charge in [0.15, 0.2) is 0 Å². The summed E-state index contributed by atoms with van der Waals surface area (Å²) < 4.78 is 24.0. The maximum absolute atomic E-state index is 12.8. The van der Waals surface area contributed by atoms with E-state index in [0.717, 1.165) is 11.5 Å². The number of carbonyl (C=O) groups is 1. The summed E-state index contributed by atoms with van der Waals surface area (Å²) in [5.74, 6) is 1.65. The van der Waals surface area contributed by atoms with Crippen molar-refractivity contribution in [3.63, 3.8) is 0 Å². The molecule has 0 aliphatic heterocycles. The standard InChI is InChI=1S/C23H22FNO3S/c24-19-8-12-21(13-9-19)27-15-14-25-23(26)18-6-10-20(11-7-18)28-16-17-29-22-4-2-1-3-5-22/h1-13H,14-17H2,(H,25,26). The van der Waals surface area contributed by atoms with Crippen molar-refractivity contribution in [2.24, 2.45) is 0 Å². The number of carbonyl (C=O) groups excluding carboxylic acids is 1. The Morgan fingerprint density at radius 3 is 2.14 bits per heavy atom. The summed E-state index contributed by atoms with van der Waals surface area (Å²) in [6, 6.07) is 23.0. The average Bonchev–Trinajstić information content (AvgIpc) is 2.76. The SMILES string of the molecule is O=C(NCCOc1ccc(F)cc1)c1ccc(OCCSc2ccccc2)cc1. The fourth-order valence-electron chi connectivity index (χ4n) is 2.50. The topological polar surface area (TPSA) is 47.6 Å². The molecule has 0 radical (unpaired) electrons. The Bertz CT molecular complexity index is 886. The first-order valence-electron chi connectivity index (χ1n) is 9.28. The second kappa shape index (κ2) is 11.1. The van der Waals surface area contributed by atoms with Crippen LogP contribution in [0.15, 0.2) is 83.8 Å². The van der Waals surface area contributed by atoms with Gasteiger partial charge in [-0.1, -0.05) is 18.2 Å². The number of halogens is 1. The minimum atomic E-state index is -0.312. The van der Waals surface area contributed by atoms with Gasteiger partial charge in [0, 0.05) is 16.2 Å². The van der Waals surface area contributed by atoms with Crippen LogP contribution in [0.1, 0.15) is 10.4 Å². The van der Waals surface area contributed by atoms with E-state index < -0.39 is 0 Å². The lowest BCUT2D eigenvalue weighted by Crippen LogP contribution is -2.28. The van der Waals surface area contributed by atoms with Crippen molar-refractivity contribution in [2.75, 3.05) is 25.5 Å². The highest BCUT2D eigenvalue weighted by atomic mass is 32.2. The molecule has 150 valence electrons. The normalized spacial score (nSPS) is 10.4. The molecule has 0 aromatic heterocycles. The van der Waals surface area contributed by atoms with E-state index in [1.807, 2.05) is 18.2 Å². The third-order valence-corrected chi connectivity index (χ3v) is 4.93. The number of amides is 1. The first kappa shape index (κ1) is 20.7. The van der Waals surface area contributed by atoms with E-state index in [9.17, 15) is 9.18 Å². The number of hydrogen-bond donors (Lipinski definition) is 1. The number of benzene rings is 3. The second-order valence-electron chi connectivity index (χ2n) is 6.09. The highest BCUT2D eigenvalue weighted by Gasteiger charge is 2.05. The molecule has 0 heterocycles. The van der Waals surface area contributed by atoms with Crippen LogP contribution >= 0.6 is 11.8 Å². The van der Waals surface area contributed by atoms with Gasteiger partial charge < -0.3 is 14.8 Å². The molecule has 0 saturated heterocycles. The number of hydrogen-bond acceptors (Lipinski definition) is 4. The fraction of sp³-hybridized carbons (Fsp3) is 0.174. The summed E-state index contributed by atoms with van der Waals surface area (Å²) >= 11 is 1.74. The fourth-order valence-corrected chi connectivity index (χ4v) is 3.26. The van der Waals surface area contributed by atoms with E-state index in [1.54, 1.807) is 48.2 Å². The smallest absolute Gasteiger partial charge is 0.251 e. The van der Waals surface area contributed by atoms with Crippen LogP contribution in [0.5, 0.6) is 11.5 Å². The largest absolute Gasteiger partial charge is 0.493 e. The van der Waals surface area contributed by atoms with Gasteiger partial charge in [-0.2, -0.15) is 0 Å². The summed E-state index contributed by atoms with van der Waals surface area (Å²) in [5.41, 5.74) is 0.554. The number of rotatable bonds is 10. The Labute approximate surface area is 174 Å². The monoisotopic (exact) mass is 411 g/mol. The number of nitrogens with one attached hydrogen (secondary N) is 1. The molecule has 0 aliphatic rings. The molecule has 0 aliphatic carbocycles. The van der Waals surface area contributed by atoms with Crippen LogP contribution in [0.3, 0.4) is 0 Å². The molecule has 3 aromatic rings. The lowest BCUT2D eigenvalue weighted by Gasteiger charge is -2.09. The van der Waals surface area contributed by atoms with Crippen molar-refractivity contribution >= 4 is 17.7 Å². The van der Waals surface area contributed by atoms with Crippen molar-refractivity contribution in [2.45, 2.75) is 4.90 Å². The molecular weight excluding hydrogens is 389 g/mol. The van der Waals surface area contributed by atoms with Gasteiger partial charge in [-0.05, 0) is 60.7 Å². The Morgan fingerprint density at radius 2 is 1.45 bits per heavy atom. The Kier molecular flexibility index (Phi) is 7.95. The lowest BCUT2D eigenvalue weighted by atomic mass is 10.2. The molecule has 1 amide bonds.